The molecule has 1 rings (SSSR count). The van der Waals surface area contributed by atoms with E-state index in [1.54, 1.807) is 6.20 Å². The number of pyridine rings is 1. The molecule has 16 heavy (non-hydrogen) atoms. The molecule has 3 nitrogen and oxygen atoms in total. The lowest BCUT2D eigenvalue weighted by molar-refractivity contribution is 0.243. The fraction of sp³-hybridized carbons (Fsp3) is 0.615. The van der Waals surface area contributed by atoms with Crippen molar-refractivity contribution in [1.82, 2.24) is 4.98 Å². The molecule has 3 heteroatoms. The third-order valence-electron chi connectivity index (χ3n) is 2.58. The SMILES string of the molecule is CCCC(C)COc1cc([C@H](C)N)ccn1. The molecule has 2 atom stereocenters. The Morgan fingerprint density at radius 2 is 2.19 bits per heavy atom. The summed E-state index contributed by atoms with van der Waals surface area (Å²) in [7, 11) is 0. The maximum absolute atomic E-state index is 5.80. The standard InChI is InChI=1S/C13H22N2O/c1-4-5-10(2)9-16-13-8-12(11(3)14)6-7-15-13/h6-8,10-11H,4-5,9,14H2,1-3H3/t10?,11-/m0/s1. The summed E-state index contributed by atoms with van der Waals surface area (Å²) in [5, 5.41) is 0. The molecular formula is C13H22N2O. The molecule has 1 aromatic rings. The van der Waals surface area contributed by atoms with E-state index in [9.17, 15) is 0 Å². The van der Waals surface area contributed by atoms with Gasteiger partial charge in [-0.15, -0.1) is 0 Å². The monoisotopic (exact) mass is 222 g/mol. The van der Waals surface area contributed by atoms with Gasteiger partial charge < -0.3 is 10.5 Å². The number of nitrogens with two attached hydrogens (primary N) is 1. The van der Waals surface area contributed by atoms with Gasteiger partial charge in [0.05, 0.1) is 6.61 Å². The van der Waals surface area contributed by atoms with Gasteiger partial charge in [-0.25, -0.2) is 4.98 Å². The van der Waals surface area contributed by atoms with Crippen LogP contribution in [0.2, 0.25) is 0 Å². The molecule has 1 unspecified atom stereocenters. The van der Waals surface area contributed by atoms with Crippen molar-refractivity contribution < 1.29 is 4.74 Å². The van der Waals surface area contributed by atoms with Gasteiger partial charge in [0.15, 0.2) is 0 Å². The third-order valence-corrected chi connectivity index (χ3v) is 2.58. The summed E-state index contributed by atoms with van der Waals surface area (Å²) >= 11 is 0. The Morgan fingerprint density at radius 1 is 1.44 bits per heavy atom. The zero-order chi connectivity index (χ0) is 12.0. The summed E-state index contributed by atoms with van der Waals surface area (Å²) in [6, 6.07) is 3.87. The lowest BCUT2D eigenvalue weighted by atomic mass is 10.1. The molecule has 0 aliphatic carbocycles. The molecule has 0 fully saturated rings. The fourth-order valence-corrected chi connectivity index (χ4v) is 1.59. The van der Waals surface area contributed by atoms with Gasteiger partial charge in [0.1, 0.15) is 0 Å². The van der Waals surface area contributed by atoms with E-state index in [-0.39, 0.29) is 6.04 Å². The first-order valence-electron chi connectivity index (χ1n) is 5.97. The molecule has 0 amide bonds. The fourth-order valence-electron chi connectivity index (χ4n) is 1.59. The van der Waals surface area contributed by atoms with E-state index >= 15 is 0 Å². The van der Waals surface area contributed by atoms with E-state index in [0.717, 1.165) is 12.2 Å². The normalized spacial score (nSPS) is 14.5. The predicted molar refractivity (Wildman–Crippen MR) is 66.4 cm³/mol. The minimum atomic E-state index is 0.0263. The first-order valence-corrected chi connectivity index (χ1v) is 5.97. The van der Waals surface area contributed by atoms with Gasteiger partial charge in [0, 0.05) is 18.3 Å². The molecule has 1 heterocycles. The first-order chi connectivity index (χ1) is 7.63. The predicted octanol–water partition coefficient (Wildman–Crippen LogP) is 2.92. The van der Waals surface area contributed by atoms with Gasteiger partial charge in [-0.3, -0.25) is 0 Å². The minimum Gasteiger partial charge on any atom is -0.477 e. The van der Waals surface area contributed by atoms with E-state index in [4.69, 9.17) is 10.5 Å². The Balaban J connectivity index is 2.50. The summed E-state index contributed by atoms with van der Waals surface area (Å²) in [4.78, 5) is 4.18. The van der Waals surface area contributed by atoms with Crippen molar-refractivity contribution in [2.24, 2.45) is 11.7 Å². The van der Waals surface area contributed by atoms with Crippen LogP contribution in [0.3, 0.4) is 0 Å². The number of rotatable bonds is 6. The summed E-state index contributed by atoms with van der Waals surface area (Å²) in [6.45, 7) is 7.06. The molecule has 0 aliphatic rings. The highest BCUT2D eigenvalue weighted by Gasteiger charge is 2.05. The Bertz CT molecular complexity index is 313. The molecule has 0 aromatic carbocycles. The summed E-state index contributed by atoms with van der Waals surface area (Å²) in [5.74, 6) is 1.25. The van der Waals surface area contributed by atoms with Crippen LogP contribution in [0.25, 0.3) is 0 Å². The van der Waals surface area contributed by atoms with Crippen LogP contribution in [0.1, 0.15) is 45.2 Å². The summed E-state index contributed by atoms with van der Waals surface area (Å²) < 4.78 is 5.64. The smallest absolute Gasteiger partial charge is 0.213 e. The average Bonchev–Trinajstić information content (AvgIpc) is 2.27. The van der Waals surface area contributed by atoms with Crippen molar-refractivity contribution in [3.05, 3.63) is 23.9 Å². The molecular weight excluding hydrogens is 200 g/mol. The van der Waals surface area contributed by atoms with Crippen molar-refractivity contribution in [1.29, 1.82) is 0 Å². The molecule has 90 valence electrons. The lowest BCUT2D eigenvalue weighted by Crippen LogP contribution is -2.10. The van der Waals surface area contributed by atoms with Gasteiger partial charge >= 0.3 is 0 Å². The number of ether oxygens (including phenoxy) is 1. The minimum absolute atomic E-state index is 0.0263. The van der Waals surface area contributed by atoms with Crippen molar-refractivity contribution in [2.45, 2.75) is 39.7 Å². The second kappa shape index (κ2) is 6.48. The number of hydrogen-bond donors (Lipinski definition) is 1. The van der Waals surface area contributed by atoms with Gasteiger partial charge in [-0.1, -0.05) is 20.3 Å². The van der Waals surface area contributed by atoms with Crippen LogP contribution in [-0.4, -0.2) is 11.6 Å². The Kier molecular flexibility index (Phi) is 5.26. The van der Waals surface area contributed by atoms with Crippen LogP contribution in [0.5, 0.6) is 5.88 Å². The molecule has 0 spiro atoms. The van der Waals surface area contributed by atoms with E-state index < -0.39 is 0 Å². The second-order valence-corrected chi connectivity index (χ2v) is 4.42. The Labute approximate surface area is 98.0 Å². The average molecular weight is 222 g/mol. The number of nitrogens with zero attached hydrogens (tertiary/aromatic N) is 1. The van der Waals surface area contributed by atoms with Crippen molar-refractivity contribution >= 4 is 0 Å². The summed E-state index contributed by atoms with van der Waals surface area (Å²) in [6.07, 6.45) is 4.13. The summed E-state index contributed by atoms with van der Waals surface area (Å²) in [5.41, 5.74) is 6.87. The van der Waals surface area contributed by atoms with Crippen molar-refractivity contribution in [3.8, 4) is 5.88 Å². The highest BCUT2D eigenvalue weighted by Crippen LogP contribution is 2.16. The Morgan fingerprint density at radius 3 is 2.81 bits per heavy atom. The molecule has 0 saturated heterocycles. The van der Waals surface area contributed by atoms with Crippen LogP contribution in [0.15, 0.2) is 18.3 Å². The van der Waals surface area contributed by atoms with Gasteiger partial charge in [-0.2, -0.15) is 0 Å². The molecule has 2 N–H and O–H groups in total. The van der Waals surface area contributed by atoms with Gasteiger partial charge in [-0.05, 0) is 30.9 Å². The number of hydrogen-bond acceptors (Lipinski definition) is 3. The maximum atomic E-state index is 5.80. The van der Waals surface area contributed by atoms with Crippen molar-refractivity contribution in [2.75, 3.05) is 6.61 Å². The van der Waals surface area contributed by atoms with Gasteiger partial charge in [0.25, 0.3) is 0 Å². The van der Waals surface area contributed by atoms with Crippen LogP contribution in [0, 0.1) is 5.92 Å². The highest BCUT2D eigenvalue weighted by atomic mass is 16.5. The molecule has 0 aliphatic heterocycles. The molecule has 0 saturated carbocycles. The van der Waals surface area contributed by atoms with Crippen LogP contribution < -0.4 is 10.5 Å². The Hall–Kier alpha value is -1.09. The largest absolute Gasteiger partial charge is 0.477 e. The third kappa shape index (κ3) is 4.19. The maximum Gasteiger partial charge on any atom is 0.213 e. The van der Waals surface area contributed by atoms with Gasteiger partial charge in [0.2, 0.25) is 5.88 Å². The molecule has 1 aromatic heterocycles. The quantitative estimate of drug-likeness (QED) is 0.805. The number of aromatic nitrogens is 1. The van der Waals surface area contributed by atoms with E-state index in [1.165, 1.54) is 12.8 Å². The van der Waals surface area contributed by atoms with Crippen molar-refractivity contribution in [3.63, 3.8) is 0 Å². The zero-order valence-electron chi connectivity index (χ0n) is 10.4. The molecule has 0 bridgehead atoms. The van der Waals surface area contributed by atoms with Crippen LogP contribution in [0.4, 0.5) is 0 Å². The second-order valence-electron chi connectivity index (χ2n) is 4.42. The lowest BCUT2D eigenvalue weighted by Gasteiger charge is -2.12. The van der Waals surface area contributed by atoms with E-state index in [2.05, 4.69) is 18.8 Å². The topological polar surface area (TPSA) is 48.1 Å². The van der Waals surface area contributed by atoms with E-state index in [1.807, 2.05) is 19.1 Å². The first kappa shape index (κ1) is 13.0. The zero-order valence-corrected chi connectivity index (χ0v) is 10.4. The highest BCUT2D eigenvalue weighted by molar-refractivity contribution is 5.22. The van der Waals surface area contributed by atoms with Crippen LogP contribution in [-0.2, 0) is 0 Å². The van der Waals surface area contributed by atoms with Crippen LogP contribution >= 0.6 is 0 Å². The molecule has 0 radical (unpaired) electrons. The van der Waals surface area contributed by atoms with E-state index in [0.29, 0.717) is 11.8 Å².